The molecular formula is C29H39F2N3O3. The van der Waals surface area contributed by atoms with E-state index in [0.717, 1.165) is 23.0 Å². The number of carbonyl (C=O) groups is 1. The Morgan fingerprint density at radius 3 is 2.43 bits per heavy atom. The molecule has 0 spiro atoms. The molecule has 8 heteroatoms. The second-order valence-corrected chi connectivity index (χ2v) is 9.65. The number of esters is 1. The molecule has 3 rings (SSSR count). The van der Waals surface area contributed by atoms with Crippen molar-refractivity contribution in [2.75, 3.05) is 19.8 Å². The first kappa shape index (κ1) is 28.6. The van der Waals surface area contributed by atoms with Gasteiger partial charge in [-0.2, -0.15) is 0 Å². The van der Waals surface area contributed by atoms with E-state index in [0.29, 0.717) is 5.75 Å². The Labute approximate surface area is 217 Å². The molecule has 0 aliphatic carbocycles. The number of ether oxygens (including phenoxy) is 2. The molecule has 0 saturated carbocycles. The molecule has 0 bridgehead atoms. The quantitative estimate of drug-likeness (QED) is 0.207. The lowest BCUT2D eigenvalue weighted by atomic mass is 10.0. The second-order valence-electron chi connectivity index (χ2n) is 9.65. The third kappa shape index (κ3) is 7.52. The molecular weight excluding hydrogens is 476 g/mol. The smallest absolute Gasteiger partial charge is 0.324 e. The molecule has 0 aliphatic heterocycles. The third-order valence-corrected chi connectivity index (χ3v) is 6.45. The predicted octanol–water partition coefficient (Wildman–Crippen LogP) is 5.86. The van der Waals surface area contributed by atoms with Gasteiger partial charge in [0.05, 0.1) is 18.7 Å². The molecule has 0 saturated heterocycles. The lowest BCUT2D eigenvalue weighted by Crippen LogP contribution is -2.39. The average Bonchev–Trinajstić information content (AvgIpc) is 3.27. The van der Waals surface area contributed by atoms with Gasteiger partial charge in [0, 0.05) is 48.1 Å². The molecule has 1 heterocycles. The van der Waals surface area contributed by atoms with E-state index in [4.69, 9.17) is 20.9 Å². The average molecular weight is 516 g/mol. The minimum atomic E-state index is -2.86. The van der Waals surface area contributed by atoms with Crippen LogP contribution in [0.15, 0.2) is 48.5 Å². The summed E-state index contributed by atoms with van der Waals surface area (Å²) < 4.78 is 41.5. The number of hydrogen-bond acceptors (Lipinski definition) is 5. The summed E-state index contributed by atoms with van der Waals surface area (Å²) in [5.41, 5.74) is 15.5. The van der Waals surface area contributed by atoms with Crippen molar-refractivity contribution in [3.05, 3.63) is 54.1 Å². The summed E-state index contributed by atoms with van der Waals surface area (Å²) >= 11 is 0. The molecule has 0 radical (unpaired) electrons. The molecule has 37 heavy (non-hydrogen) atoms. The normalized spacial score (nSPS) is 12.8. The van der Waals surface area contributed by atoms with Crippen LogP contribution in [0.1, 0.15) is 58.1 Å². The highest BCUT2D eigenvalue weighted by molar-refractivity contribution is 5.89. The summed E-state index contributed by atoms with van der Waals surface area (Å²) in [6.07, 6.45) is 0.550. The number of alkyl halides is 2. The first-order chi connectivity index (χ1) is 17.7. The SMILES string of the molecule is CCc1ccccc1-c1cc2ccc(OCCCC(F)(F)CCCOC(=O)C(N)CN)cc2n1C(C)C. The van der Waals surface area contributed by atoms with Gasteiger partial charge in [0.25, 0.3) is 0 Å². The number of aromatic nitrogens is 1. The summed E-state index contributed by atoms with van der Waals surface area (Å²) in [4.78, 5) is 11.5. The van der Waals surface area contributed by atoms with E-state index < -0.39 is 17.9 Å². The van der Waals surface area contributed by atoms with E-state index in [1.54, 1.807) is 0 Å². The van der Waals surface area contributed by atoms with Crippen molar-refractivity contribution < 1.29 is 23.0 Å². The Hall–Kier alpha value is -2.97. The van der Waals surface area contributed by atoms with Crippen molar-refractivity contribution in [3.8, 4) is 17.0 Å². The molecule has 3 aromatic rings. The Bertz CT molecular complexity index is 1180. The van der Waals surface area contributed by atoms with Gasteiger partial charge in [-0.15, -0.1) is 0 Å². The third-order valence-electron chi connectivity index (χ3n) is 6.45. The van der Waals surface area contributed by atoms with Crippen molar-refractivity contribution in [2.24, 2.45) is 11.5 Å². The molecule has 6 nitrogen and oxygen atoms in total. The molecule has 0 fully saturated rings. The van der Waals surface area contributed by atoms with Crippen LogP contribution in [-0.2, 0) is 16.0 Å². The van der Waals surface area contributed by atoms with Crippen LogP contribution in [0.4, 0.5) is 8.78 Å². The Morgan fingerprint density at radius 2 is 1.76 bits per heavy atom. The number of benzene rings is 2. The minimum Gasteiger partial charge on any atom is -0.494 e. The predicted molar refractivity (Wildman–Crippen MR) is 144 cm³/mol. The van der Waals surface area contributed by atoms with Crippen LogP contribution in [0, 0.1) is 0 Å². The van der Waals surface area contributed by atoms with Gasteiger partial charge >= 0.3 is 5.97 Å². The van der Waals surface area contributed by atoms with Gasteiger partial charge in [0.1, 0.15) is 11.8 Å². The zero-order valence-corrected chi connectivity index (χ0v) is 22.0. The number of rotatable bonds is 14. The molecule has 0 aliphatic rings. The monoisotopic (exact) mass is 515 g/mol. The number of nitrogens with two attached hydrogens (primary N) is 2. The van der Waals surface area contributed by atoms with Gasteiger partial charge in [0.2, 0.25) is 5.92 Å². The zero-order valence-electron chi connectivity index (χ0n) is 22.0. The van der Waals surface area contributed by atoms with Crippen LogP contribution in [0.3, 0.4) is 0 Å². The van der Waals surface area contributed by atoms with Gasteiger partial charge in [0.15, 0.2) is 0 Å². The summed E-state index contributed by atoms with van der Waals surface area (Å²) in [5, 5.41) is 1.11. The largest absolute Gasteiger partial charge is 0.494 e. The topological polar surface area (TPSA) is 92.5 Å². The lowest BCUT2D eigenvalue weighted by molar-refractivity contribution is -0.145. The number of halogens is 2. The van der Waals surface area contributed by atoms with Crippen molar-refractivity contribution in [2.45, 2.75) is 70.9 Å². The number of nitrogens with zero attached hydrogens (tertiary/aromatic N) is 1. The van der Waals surface area contributed by atoms with Crippen LogP contribution in [-0.4, -0.2) is 42.3 Å². The summed E-state index contributed by atoms with van der Waals surface area (Å²) in [6, 6.07) is 15.9. The van der Waals surface area contributed by atoms with E-state index in [1.807, 2.05) is 18.2 Å². The highest BCUT2D eigenvalue weighted by atomic mass is 19.3. The van der Waals surface area contributed by atoms with E-state index in [9.17, 15) is 13.6 Å². The summed E-state index contributed by atoms with van der Waals surface area (Å²) in [6.45, 7) is 6.51. The Balaban J connectivity index is 1.58. The van der Waals surface area contributed by atoms with Crippen molar-refractivity contribution >= 4 is 16.9 Å². The zero-order chi connectivity index (χ0) is 27.0. The highest BCUT2D eigenvalue weighted by Gasteiger charge is 2.28. The van der Waals surface area contributed by atoms with Crippen LogP contribution in [0.25, 0.3) is 22.2 Å². The number of hydrogen-bond donors (Lipinski definition) is 2. The molecule has 1 atom stereocenters. The molecule has 1 aromatic heterocycles. The van der Waals surface area contributed by atoms with Gasteiger partial charge in [-0.25, -0.2) is 8.78 Å². The maximum Gasteiger partial charge on any atom is 0.324 e. The van der Waals surface area contributed by atoms with E-state index in [1.165, 1.54) is 11.1 Å². The molecule has 2 aromatic carbocycles. The molecule has 1 unspecified atom stereocenters. The van der Waals surface area contributed by atoms with E-state index in [2.05, 4.69) is 55.7 Å². The molecule has 4 N–H and O–H groups in total. The fourth-order valence-corrected chi connectivity index (χ4v) is 4.49. The van der Waals surface area contributed by atoms with Gasteiger partial charge in [-0.3, -0.25) is 4.79 Å². The molecule has 0 amide bonds. The van der Waals surface area contributed by atoms with E-state index in [-0.39, 0.29) is 51.5 Å². The van der Waals surface area contributed by atoms with Gasteiger partial charge in [-0.1, -0.05) is 31.2 Å². The number of fused-ring (bicyclic) bond motifs is 1. The van der Waals surface area contributed by atoms with Gasteiger partial charge in [-0.05, 0) is 56.9 Å². The first-order valence-corrected chi connectivity index (χ1v) is 13.0. The first-order valence-electron chi connectivity index (χ1n) is 13.0. The van der Waals surface area contributed by atoms with Crippen molar-refractivity contribution in [1.82, 2.24) is 4.57 Å². The lowest BCUT2D eigenvalue weighted by Gasteiger charge is -2.18. The van der Waals surface area contributed by atoms with Crippen LogP contribution < -0.4 is 16.2 Å². The number of carbonyl (C=O) groups excluding carboxylic acids is 1. The maximum absolute atomic E-state index is 14.2. The Kier molecular flexibility index (Phi) is 10.1. The standard InChI is InChI=1S/C29H39F2N3O3/c1-4-21-9-5-6-10-24(21)27-17-22-11-12-23(18-26(22)34(27)20(2)3)36-15-7-13-29(30,31)14-8-16-37-28(35)25(33)19-32/h5-6,9-12,17-18,20,25H,4,7-8,13-16,19,32-33H2,1-3H3. The van der Waals surface area contributed by atoms with Crippen molar-refractivity contribution in [1.29, 1.82) is 0 Å². The fraction of sp³-hybridized carbons (Fsp3) is 0.483. The van der Waals surface area contributed by atoms with Gasteiger partial charge < -0.3 is 25.5 Å². The molecule has 202 valence electrons. The van der Waals surface area contributed by atoms with Crippen molar-refractivity contribution in [3.63, 3.8) is 0 Å². The van der Waals surface area contributed by atoms with E-state index >= 15 is 0 Å². The maximum atomic E-state index is 14.2. The van der Waals surface area contributed by atoms with Crippen LogP contribution in [0.2, 0.25) is 0 Å². The second kappa shape index (κ2) is 13.0. The summed E-state index contributed by atoms with van der Waals surface area (Å²) in [7, 11) is 0. The fourth-order valence-electron chi connectivity index (χ4n) is 4.49. The Morgan fingerprint density at radius 1 is 1.05 bits per heavy atom. The van der Waals surface area contributed by atoms with Crippen LogP contribution >= 0.6 is 0 Å². The van der Waals surface area contributed by atoms with Crippen LogP contribution in [0.5, 0.6) is 5.75 Å². The number of aryl methyl sites for hydroxylation is 1. The highest BCUT2D eigenvalue weighted by Crippen LogP contribution is 2.35. The summed E-state index contributed by atoms with van der Waals surface area (Å²) in [5.74, 6) is -2.86. The minimum absolute atomic E-state index is 0.0425.